The second-order valence-corrected chi connectivity index (χ2v) is 5.66. The van der Waals surface area contributed by atoms with Crippen LogP contribution in [0, 0.1) is 0 Å². The Kier molecular flexibility index (Phi) is 4.29. The fourth-order valence-electron chi connectivity index (χ4n) is 2.70. The molecule has 24 heavy (non-hydrogen) atoms. The number of fused-ring (bicyclic) bond motifs is 1. The molecule has 0 N–H and O–H groups in total. The van der Waals surface area contributed by atoms with Gasteiger partial charge in [0.15, 0.2) is 12.4 Å². The molecule has 0 spiro atoms. The molecular formula is C18H18O6. The Labute approximate surface area is 139 Å². The number of para-hydroxylation sites is 1. The van der Waals surface area contributed by atoms with Crippen molar-refractivity contribution in [3.8, 4) is 5.75 Å². The molecule has 0 bridgehead atoms. The molecule has 0 unspecified atom stereocenters. The Morgan fingerprint density at radius 3 is 2.67 bits per heavy atom. The van der Waals surface area contributed by atoms with Gasteiger partial charge in [-0.05, 0) is 19.1 Å². The molecule has 3 rings (SSSR count). The Hall–Kier alpha value is -2.76. The van der Waals surface area contributed by atoms with Gasteiger partial charge < -0.3 is 18.6 Å². The van der Waals surface area contributed by atoms with Gasteiger partial charge in [0.2, 0.25) is 0 Å². The van der Waals surface area contributed by atoms with Crippen molar-refractivity contribution in [3.63, 3.8) is 0 Å². The molecular weight excluding hydrogens is 312 g/mol. The summed E-state index contributed by atoms with van der Waals surface area (Å²) >= 11 is 0. The van der Waals surface area contributed by atoms with Gasteiger partial charge in [-0.15, -0.1) is 0 Å². The van der Waals surface area contributed by atoms with Crippen LogP contribution in [0.25, 0.3) is 0 Å². The van der Waals surface area contributed by atoms with E-state index in [2.05, 4.69) is 11.7 Å². The molecule has 2 atom stereocenters. The summed E-state index contributed by atoms with van der Waals surface area (Å²) in [5.41, 5.74) is 1.60. The van der Waals surface area contributed by atoms with Gasteiger partial charge in [0.05, 0.1) is 13.4 Å². The predicted molar refractivity (Wildman–Crippen MR) is 84.1 cm³/mol. The van der Waals surface area contributed by atoms with Crippen LogP contribution in [-0.2, 0) is 16.1 Å². The van der Waals surface area contributed by atoms with E-state index in [1.165, 1.54) is 19.4 Å². The van der Waals surface area contributed by atoms with Crippen LogP contribution in [-0.4, -0.2) is 25.2 Å². The number of carbonyl (C=O) groups is 2. The maximum atomic E-state index is 12.4. The number of esters is 2. The number of benzene rings is 1. The maximum absolute atomic E-state index is 12.4. The van der Waals surface area contributed by atoms with Gasteiger partial charge in [0, 0.05) is 11.5 Å². The second-order valence-electron chi connectivity index (χ2n) is 5.66. The summed E-state index contributed by atoms with van der Waals surface area (Å²) in [6.07, 6.45) is 1.35. The van der Waals surface area contributed by atoms with E-state index in [1.807, 2.05) is 13.0 Å². The number of hydrogen-bond donors (Lipinski definition) is 0. The molecule has 1 aromatic carbocycles. The van der Waals surface area contributed by atoms with Crippen molar-refractivity contribution in [2.45, 2.75) is 32.5 Å². The molecule has 0 amide bonds. The molecule has 1 aromatic heterocycles. The third kappa shape index (κ3) is 2.75. The van der Waals surface area contributed by atoms with Crippen molar-refractivity contribution in [2.75, 3.05) is 7.11 Å². The van der Waals surface area contributed by atoms with Gasteiger partial charge in [-0.1, -0.05) is 19.1 Å². The molecule has 0 fully saturated rings. The topological polar surface area (TPSA) is 75.0 Å². The number of rotatable bonds is 4. The molecule has 2 heterocycles. The van der Waals surface area contributed by atoms with Gasteiger partial charge in [0.25, 0.3) is 0 Å². The second kappa shape index (κ2) is 6.39. The van der Waals surface area contributed by atoms with Crippen molar-refractivity contribution in [3.05, 3.63) is 53.0 Å². The minimum atomic E-state index is -0.540. The monoisotopic (exact) mass is 330 g/mol. The van der Waals surface area contributed by atoms with Gasteiger partial charge in [-0.2, -0.15) is 0 Å². The Bertz CT molecular complexity index is 776. The highest BCUT2D eigenvalue weighted by Gasteiger charge is 2.31. The highest BCUT2D eigenvalue weighted by molar-refractivity contribution is 5.94. The lowest BCUT2D eigenvalue weighted by molar-refractivity contribution is 0.0427. The van der Waals surface area contributed by atoms with E-state index < -0.39 is 11.9 Å². The predicted octanol–water partition coefficient (Wildman–Crippen LogP) is 3.31. The third-order valence-corrected chi connectivity index (χ3v) is 4.25. The molecule has 0 aliphatic carbocycles. The highest BCUT2D eigenvalue weighted by Crippen LogP contribution is 2.40. The molecule has 6 nitrogen and oxygen atoms in total. The first kappa shape index (κ1) is 16.1. The third-order valence-electron chi connectivity index (χ3n) is 4.25. The van der Waals surface area contributed by atoms with E-state index in [9.17, 15) is 9.59 Å². The first-order chi connectivity index (χ1) is 11.5. The van der Waals surface area contributed by atoms with Crippen molar-refractivity contribution in [2.24, 2.45) is 0 Å². The number of hydrogen-bond acceptors (Lipinski definition) is 6. The van der Waals surface area contributed by atoms with Crippen LogP contribution in [0.15, 0.2) is 34.9 Å². The Morgan fingerprint density at radius 1 is 1.12 bits per heavy atom. The molecule has 0 saturated heterocycles. The maximum Gasteiger partial charge on any atom is 0.342 e. The number of ether oxygens (including phenoxy) is 3. The SMILES string of the molecule is COC(=O)c1ccoc1COC(=O)c1cccc2c1O[C@H](C)[C@@H]2C. The van der Waals surface area contributed by atoms with E-state index in [0.29, 0.717) is 11.3 Å². The molecule has 126 valence electrons. The van der Waals surface area contributed by atoms with Crippen molar-refractivity contribution < 1.29 is 28.2 Å². The molecule has 1 aliphatic rings. The van der Waals surface area contributed by atoms with Crippen molar-refractivity contribution in [1.29, 1.82) is 0 Å². The molecule has 1 aliphatic heterocycles. The zero-order valence-corrected chi connectivity index (χ0v) is 13.7. The smallest absolute Gasteiger partial charge is 0.342 e. The molecule has 6 heteroatoms. The van der Waals surface area contributed by atoms with E-state index in [0.717, 1.165) is 5.56 Å². The fraction of sp³-hybridized carbons (Fsp3) is 0.333. The van der Waals surface area contributed by atoms with Crippen LogP contribution in [0.1, 0.15) is 51.8 Å². The number of methoxy groups -OCH3 is 1. The van der Waals surface area contributed by atoms with Crippen molar-refractivity contribution in [1.82, 2.24) is 0 Å². The van der Waals surface area contributed by atoms with Crippen LogP contribution in [0.5, 0.6) is 5.75 Å². The zero-order chi connectivity index (χ0) is 17.3. The molecule has 0 saturated carbocycles. The van der Waals surface area contributed by atoms with Gasteiger partial charge in [-0.3, -0.25) is 0 Å². The van der Waals surface area contributed by atoms with E-state index in [4.69, 9.17) is 13.9 Å². The van der Waals surface area contributed by atoms with Gasteiger partial charge in [-0.25, -0.2) is 9.59 Å². The lowest BCUT2D eigenvalue weighted by atomic mass is 9.97. The number of furan rings is 1. The Balaban J connectivity index is 1.76. The summed E-state index contributed by atoms with van der Waals surface area (Å²) in [6.45, 7) is 3.85. The largest absolute Gasteiger partial charge is 0.489 e. The molecule has 0 radical (unpaired) electrons. The first-order valence-electron chi connectivity index (χ1n) is 7.64. The van der Waals surface area contributed by atoms with Crippen LogP contribution < -0.4 is 4.74 Å². The first-order valence-corrected chi connectivity index (χ1v) is 7.64. The molecule has 2 aromatic rings. The number of carbonyl (C=O) groups excluding carboxylic acids is 2. The van der Waals surface area contributed by atoms with E-state index in [1.54, 1.807) is 12.1 Å². The summed E-state index contributed by atoms with van der Waals surface area (Å²) < 4.78 is 20.9. The van der Waals surface area contributed by atoms with E-state index >= 15 is 0 Å². The van der Waals surface area contributed by atoms with Crippen LogP contribution >= 0.6 is 0 Å². The average Bonchev–Trinajstić information content (AvgIpc) is 3.17. The lowest BCUT2D eigenvalue weighted by Crippen LogP contribution is -2.12. The zero-order valence-electron chi connectivity index (χ0n) is 13.7. The minimum Gasteiger partial charge on any atom is -0.489 e. The fourth-order valence-corrected chi connectivity index (χ4v) is 2.70. The highest BCUT2D eigenvalue weighted by atomic mass is 16.5. The average molecular weight is 330 g/mol. The van der Waals surface area contributed by atoms with Gasteiger partial charge >= 0.3 is 11.9 Å². The Morgan fingerprint density at radius 2 is 1.92 bits per heavy atom. The van der Waals surface area contributed by atoms with Gasteiger partial charge in [0.1, 0.15) is 23.0 Å². The van der Waals surface area contributed by atoms with Crippen LogP contribution in [0.2, 0.25) is 0 Å². The minimum absolute atomic E-state index is 0.00458. The van der Waals surface area contributed by atoms with E-state index in [-0.39, 0.29) is 30.0 Å². The van der Waals surface area contributed by atoms with Crippen LogP contribution in [0.3, 0.4) is 0 Å². The summed E-state index contributed by atoms with van der Waals surface area (Å²) in [7, 11) is 1.28. The quantitative estimate of drug-likeness (QED) is 0.801. The summed E-state index contributed by atoms with van der Waals surface area (Å²) in [4.78, 5) is 24.0. The summed E-state index contributed by atoms with van der Waals surface area (Å²) in [6, 6.07) is 6.89. The standard InChI is InChI=1S/C18H18O6/c1-10-11(2)24-16-12(10)5-4-6-14(16)18(20)23-9-15-13(7-8-22-15)17(19)21-3/h4-8,10-11H,9H2,1-3H3/t10-,11+/m0/s1. The lowest BCUT2D eigenvalue weighted by Gasteiger charge is -2.09. The summed E-state index contributed by atoms with van der Waals surface area (Å²) in [5.74, 6) is -0.0499. The summed E-state index contributed by atoms with van der Waals surface area (Å²) in [5, 5.41) is 0. The van der Waals surface area contributed by atoms with Crippen LogP contribution in [0.4, 0.5) is 0 Å². The normalized spacial score (nSPS) is 18.6. The van der Waals surface area contributed by atoms with Crippen molar-refractivity contribution >= 4 is 11.9 Å².